The summed E-state index contributed by atoms with van der Waals surface area (Å²) in [6, 6.07) is 13.7. The van der Waals surface area contributed by atoms with Gasteiger partial charge in [-0.2, -0.15) is 0 Å². The fourth-order valence-electron chi connectivity index (χ4n) is 3.46. The molecule has 2 aromatic rings. The number of rotatable bonds is 6. The number of aryl methyl sites for hydroxylation is 1. The van der Waals surface area contributed by atoms with Gasteiger partial charge in [0, 0.05) is 19.2 Å². The third-order valence-corrected chi connectivity index (χ3v) is 4.86. The van der Waals surface area contributed by atoms with Crippen LogP contribution in [0.25, 0.3) is 5.76 Å². The van der Waals surface area contributed by atoms with Crippen LogP contribution in [0.2, 0.25) is 0 Å². The molecule has 2 aromatic carbocycles. The number of methoxy groups -OCH3 is 2. The van der Waals surface area contributed by atoms with E-state index in [0.29, 0.717) is 11.3 Å². The van der Waals surface area contributed by atoms with Crippen LogP contribution >= 0.6 is 0 Å². The van der Waals surface area contributed by atoms with E-state index in [0.717, 1.165) is 11.1 Å². The van der Waals surface area contributed by atoms with Crippen molar-refractivity contribution in [1.82, 2.24) is 4.90 Å². The summed E-state index contributed by atoms with van der Waals surface area (Å²) in [4.78, 5) is 26.9. The fourth-order valence-corrected chi connectivity index (χ4v) is 3.46. The highest BCUT2D eigenvalue weighted by molar-refractivity contribution is 6.46. The molecule has 6 nitrogen and oxygen atoms in total. The predicted octanol–water partition coefficient (Wildman–Crippen LogP) is 3.07. The Morgan fingerprint density at radius 1 is 1.11 bits per heavy atom. The summed E-state index contributed by atoms with van der Waals surface area (Å²) in [5, 5.41) is 11.0. The Bertz CT molecular complexity index is 920. The van der Waals surface area contributed by atoms with Crippen molar-refractivity contribution in [3.8, 4) is 5.75 Å². The number of aliphatic hydroxyl groups excluding tert-OH is 1. The highest BCUT2D eigenvalue weighted by Crippen LogP contribution is 2.39. The van der Waals surface area contributed by atoms with E-state index in [-0.39, 0.29) is 24.5 Å². The van der Waals surface area contributed by atoms with Gasteiger partial charge in [-0.05, 0) is 36.2 Å². The summed E-state index contributed by atoms with van der Waals surface area (Å²) in [6.45, 7) is 2.39. The number of ketones is 1. The molecule has 0 aromatic heterocycles. The molecular weight excluding hydrogens is 358 g/mol. The molecule has 1 heterocycles. The lowest BCUT2D eigenvalue weighted by atomic mass is 9.95. The summed E-state index contributed by atoms with van der Waals surface area (Å²) >= 11 is 0. The van der Waals surface area contributed by atoms with E-state index < -0.39 is 17.7 Å². The van der Waals surface area contributed by atoms with Gasteiger partial charge in [0.2, 0.25) is 0 Å². The molecule has 0 saturated carbocycles. The van der Waals surface area contributed by atoms with E-state index in [4.69, 9.17) is 9.47 Å². The second-order valence-corrected chi connectivity index (χ2v) is 6.58. The quantitative estimate of drug-likeness (QED) is 0.473. The van der Waals surface area contributed by atoms with Crippen LogP contribution in [-0.4, -0.2) is 49.1 Å². The summed E-state index contributed by atoms with van der Waals surface area (Å²) < 4.78 is 10.3. The minimum Gasteiger partial charge on any atom is -0.507 e. The minimum atomic E-state index is -0.698. The van der Waals surface area contributed by atoms with Crippen LogP contribution in [0.15, 0.2) is 54.1 Å². The Morgan fingerprint density at radius 2 is 1.82 bits per heavy atom. The molecule has 3 rings (SSSR count). The minimum absolute atomic E-state index is 0.0804. The van der Waals surface area contributed by atoms with E-state index in [1.54, 1.807) is 25.3 Å². The molecule has 28 heavy (non-hydrogen) atoms. The molecule has 0 aliphatic carbocycles. The first kappa shape index (κ1) is 19.6. The number of hydrogen-bond donors (Lipinski definition) is 1. The number of carbonyl (C=O) groups is 2. The topological polar surface area (TPSA) is 76.1 Å². The predicted molar refractivity (Wildman–Crippen MR) is 105 cm³/mol. The van der Waals surface area contributed by atoms with E-state index in [1.165, 1.54) is 12.0 Å². The van der Waals surface area contributed by atoms with Gasteiger partial charge in [0.15, 0.2) is 0 Å². The maximum atomic E-state index is 12.8. The Balaban J connectivity index is 2.15. The van der Waals surface area contributed by atoms with Gasteiger partial charge in [-0.3, -0.25) is 9.59 Å². The van der Waals surface area contributed by atoms with E-state index in [9.17, 15) is 14.7 Å². The van der Waals surface area contributed by atoms with Crippen LogP contribution in [0, 0.1) is 6.92 Å². The number of nitrogens with zero attached hydrogens (tertiary/aromatic N) is 1. The van der Waals surface area contributed by atoms with Crippen molar-refractivity contribution in [3.63, 3.8) is 0 Å². The van der Waals surface area contributed by atoms with Crippen molar-refractivity contribution in [3.05, 3.63) is 70.8 Å². The van der Waals surface area contributed by atoms with Crippen LogP contribution in [0.4, 0.5) is 0 Å². The van der Waals surface area contributed by atoms with Crippen molar-refractivity contribution in [2.75, 3.05) is 27.4 Å². The van der Waals surface area contributed by atoms with Gasteiger partial charge < -0.3 is 19.5 Å². The zero-order valence-corrected chi connectivity index (χ0v) is 16.1. The molecule has 1 fully saturated rings. The van der Waals surface area contributed by atoms with Gasteiger partial charge in [-0.15, -0.1) is 0 Å². The lowest BCUT2D eigenvalue weighted by Gasteiger charge is -2.25. The highest BCUT2D eigenvalue weighted by atomic mass is 16.5. The molecule has 1 saturated heterocycles. The lowest BCUT2D eigenvalue weighted by Crippen LogP contribution is -2.32. The Kier molecular flexibility index (Phi) is 5.80. The Hall–Kier alpha value is -3.12. The van der Waals surface area contributed by atoms with E-state index in [2.05, 4.69) is 0 Å². The third kappa shape index (κ3) is 3.51. The molecule has 1 atom stereocenters. The second-order valence-electron chi connectivity index (χ2n) is 6.58. The number of hydrogen-bond acceptors (Lipinski definition) is 5. The van der Waals surface area contributed by atoms with Crippen LogP contribution in [0.3, 0.4) is 0 Å². The highest BCUT2D eigenvalue weighted by Gasteiger charge is 2.45. The number of Topliss-reactive ketones (excluding diaryl/α,β-unsaturated/α-hetero) is 1. The van der Waals surface area contributed by atoms with Crippen LogP contribution in [-0.2, 0) is 14.3 Å². The number of amides is 1. The number of benzene rings is 2. The maximum Gasteiger partial charge on any atom is 0.295 e. The summed E-state index contributed by atoms with van der Waals surface area (Å²) in [7, 11) is 3.10. The van der Waals surface area contributed by atoms with Gasteiger partial charge in [0.1, 0.15) is 11.5 Å². The van der Waals surface area contributed by atoms with Crippen molar-refractivity contribution >= 4 is 17.4 Å². The first-order valence-electron chi connectivity index (χ1n) is 8.97. The zero-order chi connectivity index (χ0) is 20.3. The molecular formula is C22H23NO5. The first-order chi connectivity index (χ1) is 13.5. The molecule has 0 bridgehead atoms. The summed E-state index contributed by atoms with van der Waals surface area (Å²) in [5.74, 6) is -0.858. The first-order valence-corrected chi connectivity index (χ1v) is 8.97. The van der Waals surface area contributed by atoms with Gasteiger partial charge >= 0.3 is 0 Å². The Morgan fingerprint density at radius 3 is 2.43 bits per heavy atom. The van der Waals surface area contributed by atoms with Crippen LogP contribution in [0.1, 0.15) is 22.7 Å². The number of carbonyl (C=O) groups excluding carboxylic acids is 2. The van der Waals surface area contributed by atoms with Crippen molar-refractivity contribution in [2.24, 2.45) is 0 Å². The average Bonchev–Trinajstić information content (AvgIpc) is 2.97. The molecule has 146 valence electrons. The number of likely N-dealkylation sites (tertiary alicyclic amines) is 1. The molecule has 1 aliphatic rings. The largest absolute Gasteiger partial charge is 0.507 e. The second kappa shape index (κ2) is 8.27. The number of aliphatic hydroxyl groups is 1. The molecule has 0 radical (unpaired) electrons. The van der Waals surface area contributed by atoms with Gasteiger partial charge in [-0.25, -0.2) is 0 Å². The molecule has 0 spiro atoms. The Labute approximate surface area is 164 Å². The SMILES string of the molecule is COCCN1C(=O)C(=O)C(=C(O)c2ccc(OC)c(C)c2)C1c1ccccc1. The third-order valence-electron chi connectivity index (χ3n) is 4.86. The smallest absolute Gasteiger partial charge is 0.295 e. The normalized spacial score (nSPS) is 18.5. The van der Waals surface area contributed by atoms with Gasteiger partial charge in [-0.1, -0.05) is 30.3 Å². The van der Waals surface area contributed by atoms with Crippen LogP contribution < -0.4 is 4.74 Å². The zero-order valence-electron chi connectivity index (χ0n) is 16.1. The lowest BCUT2D eigenvalue weighted by molar-refractivity contribution is -0.140. The maximum absolute atomic E-state index is 12.8. The molecule has 6 heteroatoms. The fraction of sp³-hybridized carbons (Fsp3) is 0.273. The van der Waals surface area contributed by atoms with E-state index >= 15 is 0 Å². The van der Waals surface area contributed by atoms with Gasteiger partial charge in [0.05, 0.1) is 25.3 Å². The van der Waals surface area contributed by atoms with E-state index in [1.807, 2.05) is 37.3 Å². The molecule has 1 amide bonds. The monoisotopic (exact) mass is 381 g/mol. The molecule has 1 aliphatic heterocycles. The standard InChI is InChI=1S/C22H23NO5/c1-14-13-16(9-10-17(14)28-3)20(24)18-19(15-7-5-4-6-8-15)23(11-12-27-2)22(26)21(18)25/h4-10,13,19,24H,11-12H2,1-3H3. The van der Waals surface area contributed by atoms with Crippen molar-refractivity contribution < 1.29 is 24.2 Å². The van der Waals surface area contributed by atoms with Crippen molar-refractivity contribution in [1.29, 1.82) is 0 Å². The molecule has 1 unspecified atom stereocenters. The summed E-state index contributed by atoms with van der Waals surface area (Å²) in [6.07, 6.45) is 0. The van der Waals surface area contributed by atoms with Crippen LogP contribution in [0.5, 0.6) is 5.75 Å². The van der Waals surface area contributed by atoms with Gasteiger partial charge in [0.25, 0.3) is 11.7 Å². The molecule has 1 N–H and O–H groups in total. The summed E-state index contributed by atoms with van der Waals surface area (Å²) in [5.41, 5.74) is 2.11. The average molecular weight is 381 g/mol. The van der Waals surface area contributed by atoms with Crippen molar-refractivity contribution in [2.45, 2.75) is 13.0 Å². The number of ether oxygens (including phenoxy) is 2.